The molecule has 0 radical (unpaired) electrons. The molecule has 104 valence electrons. The van der Waals surface area contributed by atoms with Gasteiger partial charge in [-0.1, -0.05) is 32.6 Å². The smallest absolute Gasteiger partial charge is 0.137 e. The van der Waals surface area contributed by atoms with E-state index in [2.05, 4.69) is 18.9 Å². The average Bonchev–Trinajstić information content (AvgIpc) is 2.87. The molecule has 18 heavy (non-hydrogen) atoms. The molecule has 2 saturated carbocycles. The number of hydrogen-bond donors (Lipinski definition) is 0. The van der Waals surface area contributed by atoms with Gasteiger partial charge in [-0.25, -0.2) is 0 Å². The molecule has 2 fully saturated rings. The molecule has 0 aromatic carbocycles. The Kier molecular flexibility index (Phi) is 5.23. The zero-order valence-corrected chi connectivity index (χ0v) is 12.2. The first kappa shape index (κ1) is 14.0. The lowest BCUT2D eigenvalue weighted by Crippen LogP contribution is -2.39. The molecule has 2 atom stereocenters. The lowest BCUT2D eigenvalue weighted by molar-refractivity contribution is -0.126. The second-order valence-electron chi connectivity index (χ2n) is 6.47. The minimum Gasteiger partial charge on any atom is -0.303 e. The molecule has 2 heteroatoms. The summed E-state index contributed by atoms with van der Waals surface area (Å²) >= 11 is 0. The van der Waals surface area contributed by atoms with E-state index < -0.39 is 0 Å². The van der Waals surface area contributed by atoms with Crippen molar-refractivity contribution < 1.29 is 4.79 Å². The van der Waals surface area contributed by atoms with Gasteiger partial charge in [-0.3, -0.25) is 4.79 Å². The van der Waals surface area contributed by atoms with Gasteiger partial charge in [-0.2, -0.15) is 0 Å². The Morgan fingerprint density at radius 2 is 1.94 bits per heavy atom. The molecular weight excluding hydrogens is 222 g/mol. The van der Waals surface area contributed by atoms with Gasteiger partial charge < -0.3 is 4.90 Å². The molecule has 0 bridgehead atoms. The van der Waals surface area contributed by atoms with E-state index in [4.69, 9.17) is 0 Å². The van der Waals surface area contributed by atoms with Crippen LogP contribution in [0.2, 0.25) is 0 Å². The zero-order chi connectivity index (χ0) is 13.0. The molecule has 0 heterocycles. The van der Waals surface area contributed by atoms with Gasteiger partial charge in [0.1, 0.15) is 5.78 Å². The number of rotatable bonds is 5. The lowest BCUT2D eigenvalue weighted by atomic mass is 9.78. The number of nitrogens with zero attached hydrogens (tertiary/aromatic N) is 1. The molecule has 2 aliphatic rings. The van der Waals surface area contributed by atoms with Crippen molar-refractivity contribution in [2.24, 2.45) is 11.8 Å². The van der Waals surface area contributed by atoms with Crippen LogP contribution in [-0.2, 0) is 4.79 Å². The monoisotopic (exact) mass is 251 g/mol. The molecule has 0 aromatic rings. The van der Waals surface area contributed by atoms with Crippen LogP contribution in [0.1, 0.15) is 64.7 Å². The van der Waals surface area contributed by atoms with Gasteiger partial charge in [0.05, 0.1) is 0 Å². The second kappa shape index (κ2) is 6.70. The third kappa shape index (κ3) is 3.57. The van der Waals surface area contributed by atoms with Crippen LogP contribution in [0.5, 0.6) is 0 Å². The van der Waals surface area contributed by atoms with Crippen LogP contribution in [-0.4, -0.2) is 30.3 Å². The predicted octanol–water partition coefficient (Wildman–Crippen LogP) is 3.65. The van der Waals surface area contributed by atoms with Crippen molar-refractivity contribution in [2.45, 2.75) is 70.8 Å². The van der Waals surface area contributed by atoms with E-state index in [1.165, 1.54) is 38.5 Å². The Hall–Kier alpha value is -0.370. The molecule has 2 aliphatic carbocycles. The van der Waals surface area contributed by atoms with Gasteiger partial charge >= 0.3 is 0 Å². The molecule has 0 spiro atoms. The quantitative estimate of drug-likeness (QED) is 0.743. The van der Waals surface area contributed by atoms with Crippen LogP contribution in [0.25, 0.3) is 0 Å². The fourth-order valence-electron chi connectivity index (χ4n) is 3.89. The third-order valence-corrected chi connectivity index (χ3v) is 5.03. The van der Waals surface area contributed by atoms with Crippen molar-refractivity contribution in [1.82, 2.24) is 4.90 Å². The standard InChI is InChI=1S/C16H29NO/c1-3-6-13-9-10-16(18)14(11-13)12-17(2)15-7-4-5-8-15/h13-15H,3-12H2,1-2H3. The normalized spacial score (nSPS) is 30.3. The van der Waals surface area contributed by atoms with Crippen molar-refractivity contribution >= 4 is 5.78 Å². The minimum atomic E-state index is 0.334. The summed E-state index contributed by atoms with van der Waals surface area (Å²) < 4.78 is 0. The first-order valence-electron chi connectivity index (χ1n) is 7.93. The van der Waals surface area contributed by atoms with Gasteiger partial charge in [0.15, 0.2) is 0 Å². The Balaban J connectivity index is 1.83. The van der Waals surface area contributed by atoms with E-state index >= 15 is 0 Å². The van der Waals surface area contributed by atoms with Crippen LogP contribution >= 0.6 is 0 Å². The first-order valence-corrected chi connectivity index (χ1v) is 7.93. The van der Waals surface area contributed by atoms with E-state index in [0.717, 1.165) is 37.8 Å². The van der Waals surface area contributed by atoms with Crippen molar-refractivity contribution in [3.8, 4) is 0 Å². The summed E-state index contributed by atoms with van der Waals surface area (Å²) in [5.41, 5.74) is 0. The summed E-state index contributed by atoms with van der Waals surface area (Å²) in [7, 11) is 2.23. The van der Waals surface area contributed by atoms with Crippen LogP contribution in [0, 0.1) is 11.8 Å². The van der Waals surface area contributed by atoms with Crippen molar-refractivity contribution in [2.75, 3.05) is 13.6 Å². The second-order valence-corrected chi connectivity index (χ2v) is 6.47. The highest BCUT2D eigenvalue weighted by Crippen LogP contribution is 2.31. The fourth-order valence-corrected chi connectivity index (χ4v) is 3.89. The van der Waals surface area contributed by atoms with Crippen LogP contribution in [0.15, 0.2) is 0 Å². The maximum Gasteiger partial charge on any atom is 0.137 e. The predicted molar refractivity (Wildman–Crippen MR) is 75.6 cm³/mol. The van der Waals surface area contributed by atoms with E-state index in [1.54, 1.807) is 0 Å². The molecule has 0 aliphatic heterocycles. The zero-order valence-electron chi connectivity index (χ0n) is 12.2. The first-order chi connectivity index (χ1) is 8.70. The van der Waals surface area contributed by atoms with Crippen LogP contribution < -0.4 is 0 Å². The van der Waals surface area contributed by atoms with Crippen molar-refractivity contribution in [3.05, 3.63) is 0 Å². The highest BCUT2D eigenvalue weighted by atomic mass is 16.1. The fraction of sp³-hybridized carbons (Fsp3) is 0.938. The van der Waals surface area contributed by atoms with Gasteiger partial charge in [0, 0.05) is 24.9 Å². The lowest BCUT2D eigenvalue weighted by Gasteiger charge is -2.33. The van der Waals surface area contributed by atoms with E-state index in [1.807, 2.05) is 0 Å². The van der Waals surface area contributed by atoms with Gasteiger partial charge in [-0.15, -0.1) is 0 Å². The van der Waals surface area contributed by atoms with E-state index in [0.29, 0.717) is 11.7 Å². The number of ketones is 1. The highest BCUT2D eigenvalue weighted by molar-refractivity contribution is 5.81. The Labute approximate surface area is 112 Å². The number of carbonyl (C=O) groups excluding carboxylic acids is 1. The average molecular weight is 251 g/mol. The SMILES string of the molecule is CCCC1CCC(=O)C(CN(C)C2CCCC2)C1. The number of hydrogen-bond acceptors (Lipinski definition) is 2. The van der Waals surface area contributed by atoms with E-state index in [9.17, 15) is 4.79 Å². The maximum absolute atomic E-state index is 12.1. The molecule has 2 nitrogen and oxygen atoms in total. The largest absolute Gasteiger partial charge is 0.303 e. The molecule has 0 amide bonds. The molecule has 2 unspecified atom stereocenters. The Morgan fingerprint density at radius 3 is 2.61 bits per heavy atom. The topological polar surface area (TPSA) is 20.3 Å². The molecule has 2 rings (SSSR count). The van der Waals surface area contributed by atoms with Gasteiger partial charge in [-0.05, 0) is 38.6 Å². The maximum atomic E-state index is 12.1. The third-order valence-electron chi connectivity index (χ3n) is 5.03. The Morgan fingerprint density at radius 1 is 1.22 bits per heavy atom. The minimum absolute atomic E-state index is 0.334. The van der Waals surface area contributed by atoms with E-state index in [-0.39, 0.29) is 0 Å². The summed E-state index contributed by atoms with van der Waals surface area (Å²) in [6.45, 7) is 3.28. The van der Waals surface area contributed by atoms with Gasteiger partial charge in [0.25, 0.3) is 0 Å². The molecule has 0 aromatic heterocycles. The summed E-state index contributed by atoms with van der Waals surface area (Å²) in [5.74, 6) is 1.68. The Bertz CT molecular complexity index is 270. The van der Waals surface area contributed by atoms with Gasteiger partial charge in [0.2, 0.25) is 0 Å². The molecular formula is C16H29NO. The summed E-state index contributed by atoms with van der Waals surface area (Å²) in [6, 6.07) is 0.754. The number of carbonyl (C=O) groups is 1. The summed E-state index contributed by atoms with van der Waals surface area (Å²) in [4.78, 5) is 14.5. The molecule has 0 saturated heterocycles. The van der Waals surface area contributed by atoms with Crippen molar-refractivity contribution in [3.63, 3.8) is 0 Å². The summed E-state index contributed by atoms with van der Waals surface area (Å²) in [5, 5.41) is 0. The van der Waals surface area contributed by atoms with Crippen molar-refractivity contribution in [1.29, 1.82) is 0 Å². The highest BCUT2D eigenvalue weighted by Gasteiger charge is 2.30. The van der Waals surface area contributed by atoms with Crippen LogP contribution in [0.3, 0.4) is 0 Å². The summed E-state index contributed by atoms with van der Waals surface area (Å²) in [6.07, 6.45) is 11.2. The van der Waals surface area contributed by atoms with Crippen LogP contribution in [0.4, 0.5) is 0 Å². The number of Topliss-reactive ketones (excluding diaryl/α,β-unsaturated/α-hetero) is 1. The molecule has 0 N–H and O–H groups in total.